The van der Waals surface area contributed by atoms with E-state index in [0.717, 1.165) is 11.3 Å². The molecule has 0 spiro atoms. The molecule has 1 aromatic rings. The highest BCUT2D eigenvalue weighted by Crippen LogP contribution is 2.41. The summed E-state index contributed by atoms with van der Waals surface area (Å²) in [5.74, 6) is -0.327. The third-order valence-corrected chi connectivity index (χ3v) is 3.16. The van der Waals surface area contributed by atoms with E-state index < -0.39 is 5.97 Å². The number of aromatic nitrogens is 1. The molecule has 92 valence electrons. The molecule has 1 aliphatic rings. The molecule has 2 rings (SSSR count). The summed E-state index contributed by atoms with van der Waals surface area (Å²) < 4.78 is 0. The van der Waals surface area contributed by atoms with Crippen LogP contribution in [0.25, 0.3) is 0 Å². The normalized spacial score (nSPS) is 16.0. The number of rotatable bonds is 2. The Morgan fingerprint density at radius 1 is 1.41 bits per heavy atom. The maximum Gasteiger partial charge on any atom is 0.337 e. The first-order chi connectivity index (χ1) is 7.80. The van der Waals surface area contributed by atoms with E-state index in [-0.39, 0.29) is 5.41 Å². The van der Waals surface area contributed by atoms with Gasteiger partial charge >= 0.3 is 5.97 Å². The zero-order chi connectivity index (χ0) is 12.8. The molecule has 1 aromatic heterocycles. The topological polar surface area (TPSA) is 50.2 Å². The Morgan fingerprint density at radius 2 is 2.00 bits per heavy atom. The van der Waals surface area contributed by atoms with Gasteiger partial charge in [-0.1, -0.05) is 20.8 Å². The second kappa shape index (κ2) is 3.83. The van der Waals surface area contributed by atoms with Gasteiger partial charge in [-0.3, -0.25) is 4.98 Å². The minimum absolute atomic E-state index is 0.231. The fraction of sp³-hybridized carbons (Fsp3) is 0.571. The molecule has 1 fully saturated rings. The molecule has 1 N–H and O–H groups in total. The summed E-state index contributed by atoms with van der Waals surface area (Å²) in [5.41, 5.74) is 2.93. The average molecular weight is 233 g/mol. The number of pyridine rings is 1. The number of carboxylic acids is 1. The second-order valence-corrected chi connectivity index (χ2v) is 5.92. The number of hydrogen-bond donors (Lipinski definition) is 1. The van der Waals surface area contributed by atoms with Crippen molar-refractivity contribution in [3.8, 4) is 0 Å². The van der Waals surface area contributed by atoms with Gasteiger partial charge in [0.25, 0.3) is 0 Å². The molecule has 1 aliphatic carbocycles. The van der Waals surface area contributed by atoms with Gasteiger partial charge in [0.2, 0.25) is 0 Å². The zero-order valence-corrected chi connectivity index (χ0v) is 10.9. The molecular weight excluding hydrogens is 214 g/mol. The second-order valence-electron chi connectivity index (χ2n) is 5.92. The molecule has 3 nitrogen and oxygen atoms in total. The summed E-state index contributed by atoms with van der Waals surface area (Å²) in [4.78, 5) is 15.9. The van der Waals surface area contributed by atoms with Gasteiger partial charge in [0, 0.05) is 17.0 Å². The lowest BCUT2D eigenvalue weighted by Gasteiger charge is -2.22. The Balaban J connectivity index is 2.60. The molecule has 0 radical (unpaired) electrons. The largest absolute Gasteiger partial charge is 0.478 e. The van der Waals surface area contributed by atoms with E-state index in [1.54, 1.807) is 6.07 Å². The average Bonchev–Trinajstić information content (AvgIpc) is 2.98. The van der Waals surface area contributed by atoms with Crippen molar-refractivity contribution in [2.45, 2.75) is 51.9 Å². The Labute approximate surface area is 102 Å². The highest BCUT2D eigenvalue weighted by molar-refractivity contribution is 5.89. The van der Waals surface area contributed by atoms with Gasteiger partial charge in [0.05, 0.1) is 11.3 Å². The Morgan fingerprint density at radius 3 is 2.41 bits per heavy atom. The maximum absolute atomic E-state index is 11.3. The summed E-state index contributed by atoms with van der Waals surface area (Å²) in [5, 5.41) is 9.26. The summed E-state index contributed by atoms with van der Waals surface area (Å²) in [6, 6.07) is 1.78. The van der Waals surface area contributed by atoms with Crippen LogP contribution >= 0.6 is 0 Å². The third-order valence-electron chi connectivity index (χ3n) is 3.16. The van der Waals surface area contributed by atoms with Gasteiger partial charge in [-0.25, -0.2) is 4.79 Å². The lowest BCUT2D eigenvalue weighted by Crippen LogP contribution is -2.20. The number of aromatic carboxylic acids is 1. The lowest BCUT2D eigenvalue weighted by molar-refractivity contribution is 0.0693. The predicted octanol–water partition coefficient (Wildman–Crippen LogP) is 3.26. The zero-order valence-electron chi connectivity index (χ0n) is 10.9. The summed E-state index contributed by atoms with van der Waals surface area (Å²) >= 11 is 0. The minimum atomic E-state index is -0.882. The van der Waals surface area contributed by atoms with Crippen LogP contribution in [-0.4, -0.2) is 16.1 Å². The molecule has 0 aromatic carbocycles. The fourth-order valence-electron chi connectivity index (χ4n) is 2.13. The predicted molar refractivity (Wildman–Crippen MR) is 66.6 cm³/mol. The van der Waals surface area contributed by atoms with Crippen LogP contribution in [0.1, 0.15) is 66.8 Å². The SMILES string of the molecule is Cc1cc(C(=O)O)c(C(C)(C)C)nc1C1CC1. The summed E-state index contributed by atoms with van der Waals surface area (Å²) in [6.45, 7) is 7.98. The minimum Gasteiger partial charge on any atom is -0.478 e. The molecule has 3 heteroatoms. The lowest BCUT2D eigenvalue weighted by atomic mass is 9.87. The number of aryl methyl sites for hydroxylation is 1. The number of carbonyl (C=O) groups is 1. The van der Waals surface area contributed by atoms with Crippen LogP contribution in [0.15, 0.2) is 6.07 Å². The van der Waals surface area contributed by atoms with Gasteiger partial charge in [-0.15, -0.1) is 0 Å². The van der Waals surface area contributed by atoms with Crippen molar-refractivity contribution in [1.29, 1.82) is 0 Å². The molecular formula is C14H19NO2. The van der Waals surface area contributed by atoms with Gasteiger partial charge in [-0.05, 0) is 31.4 Å². The van der Waals surface area contributed by atoms with Crippen molar-refractivity contribution in [3.63, 3.8) is 0 Å². The van der Waals surface area contributed by atoms with Crippen LogP contribution in [0.3, 0.4) is 0 Å². The maximum atomic E-state index is 11.3. The highest BCUT2D eigenvalue weighted by Gasteiger charge is 2.31. The van der Waals surface area contributed by atoms with E-state index in [1.165, 1.54) is 12.8 Å². The van der Waals surface area contributed by atoms with Crippen molar-refractivity contribution in [2.24, 2.45) is 0 Å². The van der Waals surface area contributed by atoms with Crippen molar-refractivity contribution in [3.05, 3.63) is 28.6 Å². The monoisotopic (exact) mass is 233 g/mol. The number of hydrogen-bond acceptors (Lipinski definition) is 2. The first-order valence-electron chi connectivity index (χ1n) is 6.06. The quantitative estimate of drug-likeness (QED) is 0.853. The smallest absolute Gasteiger partial charge is 0.337 e. The summed E-state index contributed by atoms with van der Waals surface area (Å²) in [6.07, 6.45) is 2.37. The van der Waals surface area contributed by atoms with Gasteiger partial charge in [0.15, 0.2) is 0 Å². The van der Waals surface area contributed by atoms with Crippen LogP contribution in [0.4, 0.5) is 0 Å². The fourth-order valence-corrected chi connectivity index (χ4v) is 2.13. The van der Waals surface area contributed by atoms with E-state index >= 15 is 0 Å². The van der Waals surface area contributed by atoms with Crippen LogP contribution < -0.4 is 0 Å². The van der Waals surface area contributed by atoms with Crippen LogP contribution in [0.2, 0.25) is 0 Å². The number of carboxylic acid groups (broad SMARTS) is 1. The molecule has 0 saturated heterocycles. The van der Waals surface area contributed by atoms with E-state index in [4.69, 9.17) is 0 Å². The first kappa shape index (κ1) is 12.1. The van der Waals surface area contributed by atoms with Gasteiger partial charge < -0.3 is 5.11 Å². The molecule has 0 unspecified atom stereocenters. The van der Waals surface area contributed by atoms with Gasteiger partial charge in [-0.2, -0.15) is 0 Å². The van der Waals surface area contributed by atoms with Crippen molar-refractivity contribution in [2.75, 3.05) is 0 Å². The van der Waals surface area contributed by atoms with Gasteiger partial charge in [0.1, 0.15) is 0 Å². The van der Waals surface area contributed by atoms with E-state index in [0.29, 0.717) is 17.2 Å². The Kier molecular flexibility index (Phi) is 2.72. The first-order valence-corrected chi connectivity index (χ1v) is 6.06. The third kappa shape index (κ3) is 2.33. The van der Waals surface area contributed by atoms with Crippen molar-refractivity contribution in [1.82, 2.24) is 4.98 Å². The van der Waals surface area contributed by atoms with E-state index in [2.05, 4.69) is 4.98 Å². The van der Waals surface area contributed by atoms with Crippen molar-refractivity contribution < 1.29 is 9.90 Å². The van der Waals surface area contributed by atoms with Crippen LogP contribution in [-0.2, 0) is 5.41 Å². The van der Waals surface area contributed by atoms with Crippen molar-refractivity contribution >= 4 is 5.97 Å². The summed E-state index contributed by atoms with van der Waals surface area (Å²) in [7, 11) is 0. The molecule has 0 aliphatic heterocycles. The Bertz CT molecular complexity index is 468. The van der Waals surface area contributed by atoms with Crippen LogP contribution in [0, 0.1) is 6.92 Å². The molecule has 0 atom stereocenters. The Hall–Kier alpha value is -1.38. The van der Waals surface area contributed by atoms with E-state index in [1.807, 2.05) is 27.7 Å². The number of nitrogens with zero attached hydrogens (tertiary/aromatic N) is 1. The molecule has 1 saturated carbocycles. The molecule has 17 heavy (non-hydrogen) atoms. The molecule has 0 amide bonds. The molecule has 1 heterocycles. The highest BCUT2D eigenvalue weighted by atomic mass is 16.4. The standard InChI is InChI=1S/C14H19NO2/c1-8-7-10(13(16)17)12(14(2,3)4)15-11(8)9-5-6-9/h7,9H,5-6H2,1-4H3,(H,16,17). The molecule has 0 bridgehead atoms. The van der Waals surface area contributed by atoms with E-state index in [9.17, 15) is 9.90 Å². The van der Waals surface area contributed by atoms with Crippen LogP contribution in [0.5, 0.6) is 0 Å².